The monoisotopic (exact) mass is 335 g/mol. The van der Waals surface area contributed by atoms with Gasteiger partial charge in [0.25, 0.3) is 5.56 Å². The second-order valence-electron chi connectivity index (χ2n) is 6.37. The highest BCUT2D eigenvalue weighted by Gasteiger charge is 2.09. The number of carbonyl (C=O) groups excluding carboxylic acids is 1. The lowest BCUT2D eigenvalue weighted by Gasteiger charge is -2.10. The fraction of sp³-hybridized carbons (Fsp3) is 0.200. The van der Waals surface area contributed by atoms with Gasteiger partial charge in [0.05, 0.1) is 6.42 Å². The minimum absolute atomic E-state index is 0.0413. The molecule has 5 nitrogen and oxygen atoms in total. The van der Waals surface area contributed by atoms with Crippen LogP contribution in [0.25, 0.3) is 10.9 Å². The van der Waals surface area contributed by atoms with Crippen LogP contribution in [0.4, 0.5) is 5.69 Å². The van der Waals surface area contributed by atoms with Gasteiger partial charge in [-0.05, 0) is 49.3 Å². The van der Waals surface area contributed by atoms with Crippen molar-refractivity contribution in [2.45, 2.75) is 13.0 Å². The summed E-state index contributed by atoms with van der Waals surface area (Å²) >= 11 is 0. The second-order valence-corrected chi connectivity index (χ2v) is 6.37. The summed E-state index contributed by atoms with van der Waals surface area (Å²) in [5.41, 5.74) is 2.91. The second kappa shape index (κ2) is 7.32. The van der Waals surface area contributed by atoms with Crippen molar-refractivity contribution in [3.63, 3.8) is 0 Å². The molecule has 0 aliphatic carbocycles. The van der Waals surface area contributed by atoms with Crippen LogP contribution in [0.2, 0.25) is 0 Å². The molecule has 128 valence electrons. The van der Waals surface area contributed by atoms with Crippen LogP contribution in [0.3, 0.4) is 0 Å². The summed E-state index contributed by atoms with van der Waals surface area (Å²) in [5, 5.41) is 3.76. The lowest BCUT2D eigenvalue weighted by atomic mass is 10.1. The van der Waals surface area contributed by atoms with Crippen molar-refractivity contribution in [1.82, 2.24) is 9.88 Å². The van der Waals surface area contributed by atoms with Gasteiger partial charge in [0.1, 0.15) is 0 Å². The van der Waals surface area contributed by atoms with E-state index in [-0.39, 0.29) is 17.9 Å². The predicted octanol–water partition coefficient (Wildman–Crippen LogP) is 2.77. The first kappa shape index (κ1) is 16.9. The van der Waals surface area contributed by atoms with Crippen molar-refractivity contribution in [2.75, 3.05) is 19.4 Å². The Morgan fingerprint density at radius 3 is 2.52 bits per heavy atom. The van der Waals surface area contributed by atoms with Crippen LogP contribution >= 0.6 is 0 Å². The maximum absolute atomic E-state index is 12.3. The number of fused-ring (bicyclic) bond motifs is 1. The van der Waals surface area contributed by atoms with E-state index in [1.165, 1.54) is 5.56 Å². The Morgan fingerprint density at radius 2 is 1.80 bits per heavy atom. The summed E-state index contributed by atoms with van der Waals surface area (Å²) in [7, 11) is 4.02. The van der Waals surface area contributed by atoms with E-state index in [1.807, 2.05) is 62.6 Å². The number of benzene rings is 2. The Kier molecular flexibility index (Phi) is 4.95. The Hall–Kier alpha value is -2.92. The smallest absolute Gasteiger partial charge is 0.252 e. The zero-order valence-electron chi connectivity index (χ0n) is 14.4. The molecule has 2 aromatic carbocycles. The lowest BCUT2D eigenvalue weighted by molar-refractivity contribution is -0.115. The summed E-state index contributed by atoms with van der Waals surface area (Å²) < 4.78 is 0. The van der Waals surface area contributed by atoms with E-state index in [0.29, 0.717) is 5.56 Å². The Bertz CT molecular complexity index is 943. The maximum Gasteiger partial charge on any atom is 0.252 e. The van der Waals surface area contributed by atoms with Crippen LogP contribution < -0.4 is 10.9 Å². The van der Waals surface area contributed by atoms with E-state index in [9.17, 15) is 9.59 Å². The first-order valence-corrected chi connectivity index (χ1v) is 8.16. The molecule has 25 heavy (non-hydrogen) atoms. The van der Waals surface area contributed by atoms with E-state index in [4.69, 9.17) is 0 Å². The first-order valence-electron chi connectivity index (χ1n) is 8.16. The lowest BCUT2D eigenvalue weighted by Crippen LogP contribution is -2.21. The van der Waals surface area contributed by atoms with Crippen molar-refractivity contribution in [3.05, 3.63) is 76.1 Å². The van der Waals surface area contributed by atoms with Gasteiger partial charge in [0.2, 0.25) is 5.91 Å². The number of aromatic amines is 1. The van der Waals surface area contributed by atoms with Crippen LogP contribution in [-0.4, -0.2) is 29.9 Å². The number of pyridine rings is 1. The van der Waals surface area contributed by atoms with Crippen LogP contribution in [0.15, 0.2) is 59.4 Å². The molecule has 0 aliphatic heterocycles. The molecule has 1 amide bonds. The van der Waals surface area contributed by atoms with Crippen molar-refractivity contribution in [2.24, 2.45) is 0 Å². The van der Waals surface area contributed by atoms with E-state index in [2.05, 4.69) is 15.2 Å². The Balaban J connectivity index is 1.70. The number of H-pyrrole nitrogens is 1. The van der Waals surface area contributed by atoms with Crippen molar-refractivity contribution >= 4 is 22.5 Å². The van der Waals surface area contributed by atoms with Crippen LogP contribution in [-0.2, 0) is 17.8 Å². The van der Waals surface area contributed by atoms with Gasteiger partial charge in [-0.3, -0.25) is 9.59 Å². The number of para-hydroxylation sites is 1. The highest BCUT2D eigenvalue weighted by molar-refractivity contribution is 5.92. The fourth-order valence-electron chi connectivity index (χ4n) is 2.76. The molecule has 2 N–H and O–H groups in total. The number of rotatable bonds is 5. The zero-order valence-corrected chi connectivity index (χ0v) is 14.4. The molecule has 1 aromatic heterocycles. The molecule has 0 spiro atoms. The number of hydrogen-bond acceptors (Lipinski definition) is 3. The minimum Gasteiger partial charge on any atom is -0.326 e. The number of hydrogen-bond donors (Lipinski definition) is 2. The Labute approximate surface area is 146 Å². The van der Waals surface area contributed by atoms with Crippen molar-refractivity contribution in [3.8, 4) is 0 Å². The number of nitrogens with one attached hydrogen (secondary N) is 2. The Morgan fingerprint density at radius 1 is 1.08 bits per heavy atom. The molecule has 0 aliphatic rings. The van der Waals surface area contributed by atoms with Gasteiger partial charge in [-0.2, -0.15) is 0 Å². The van der Waals surface area contributed by atoms with Gasteiger partial charge in [0.15, 0.2) is 0 Å². The molecule has 0 bridgehead atoms. The molecular weight excluding hydrogens is 314 g/mol. The molecule has 0 atom stereocenters. The van der Waals surface area contributed by atoms with Crippen LogP contribution in [0, 0.1) is 0 Å². The van der Waals surface area contributed by atoms with Gasteiger partial charge < -0.3 is 15.2 Å². The SMILES string of the molecule is CN(C)Cc1ccc(NC(=O)Cc2cc3ccccc3[nH]c2=O)cc1. The highest BCUT2D eigenvalue weighted by Crippen LogP contribution is 2.13. The molecule has 1 heterocycles. The molecule has 0 saturated carbocycles. The topological polar surface area (TPSA) is 65.2 Å². The standard InChI is InChI=1S/C20H21N3O2/c1-23(2)13-14-7-9-17(10-8-14)21-19(24)12-16-11-15-5-3-4-6-18(15)22-20(16)25/h3-11H,12-13H2,1-2H3,(H,21,24)(H,22,25). The molecule has 5 heteroatoms. The number of carbonyl (C=O) groups is 1. The summed E-state index contributed by atoms with van der Waals surface area (Å²) in [6, 6.07) is 17.0. The highest BCUT2D eigenvalue weighted by atomic mass is 16.2. The zero-order chi connectivity index (χ0) is 17.8. The third-order valence-corrected chi connectivity index (χ3v) is 3.92. The molecule has 0 fully saturated rings. The quantitative estimate of drug-likeness (QED) is 0.753. The van der Waals surface area contributed by atoms with Gasteiger partial charge in [-0.15, -0.1) is 0 Å². The van der Waals surface area contributed by atoms with Crippen molar-refractivity contribution in [1.29, 1.82) is 0 Å². The molecule has 3 aromatic rings. The molecular formula is C20H21N3O2. The number of anilines is 1. The summed E-state index contributed by atoms with van der Waals surface area (Å²) in [6.07, 6.45) is 0.0413. The minimum atomic E-state index is -0.227. The fourth-order valence-corrected chi connectivity index (χ4v) is 2.76. The third kappa shape index (κ3) is 4.33. The summed E-state index contributed by atoms with van der Waals surface area (Å²) in [4.78, 5) is 29.3. The van der Waals surface area contributed by atoms with Gasteiger partial charge in [-0.25, -0.2) is 0 Å². The van der Waals surface area contributed by atoms with Gasteiger partial charge in [-0.1, -0.05) is 30.3 Å². The van der Waals surface area contributed by atoms with E-state index < -0.39 is 0 Å². The van der Waals surface area contributed by atoms with E-state index in [1.54, 1.807) is 6.07 Å². The van der Waals surface area contributed by atoms with Crippen LogP contribution in [0.1, 0.15) is 11.1 Å². The molecule has 0 radical (unpaired) electrons. The molecule has 0 saturated heterocycles. The summed E-state index contributed by atoms with van der Waals surface area (Å²) in [6.45, 7) is 0.848. The number of aromatic nitrogens is 1. The average Bonchev–Trinajstić information content (AvgIpc) is 2.57. The number of amides is 1. The van der Waals surface area contributed by atoms with Gasteiger partial charge in [0, 0.05) is 23.3 Å². The van der Waals surface area contributed by atoms with Crippen molar-refractivity contribution < 1.29 is 4.79 Å². The average molecular weight is 335 g/mol. The van der Waals surface area contributed by atoms with Gasteiger partial charge >= 0.3 is 0 Å². The summed E-state index contributed by atoms with van der Waals surface area (Å²) in [5.74, 6) is -0.207. The predicted molar refractivity (Wildman–Crippen MR) is 101 cm³/mol. The largest absolute Gasteiger partial charge is 0.326 e. The van der Waals surface area contributed by atoms with Crippen LogP contribution in [0.5, 0.6) is 0 Å². The van der Waals surface area contributed by atoms with E-state index in [0.717, 1.165) is 23.1 Å². The maximum atomic E-state index is 12.3. The van der Waals surface area contributed by atoms with E-state index >= 15 is 0 Å². The molecule has 0 unspecified atom stereocenters. The molecule has 3 rings (SSSR count). The first-order chi connectivity index (χ1) is 12.0. The third-order valence-electron chi connectivity index (χ3n) is 3.92. The normalized spacial score (nSPS) is 11.0. The number of nitrogens with zero attached hydrogens (tertiary/aromatic N) is 1.